The Kier molecular flexibility index (Phi) is 5.42. The molecule has 6 heteroatoms. The van der Waals surface area contributed by atoms with Gasteiger partial charge in [0.1, 0.15) is 6.61 Å². The predicted molar refractivity (Wildman–Crippen MR) is 37.9 cm³/mol. The zero-order valence-electron chi connectivity index (χ0n) is 6.88. The van der Waals surface area contributed by atoms with Crippen LogP contribution in [0.3, 0.4) is 0 Å². The molecule has 0 fully saturated rings. The third-order valence-electron chi connectivity index (χ3n) is 0.894. The largest absolute Gasteiger partial charge is 0.458 e. The third kappa shape index (κ3) is 5.77. The molecule has 0 radical (unpaired) electrons. The van der Waals surface area contributed by atoms with Crippen LogP contribution in [0.4, 0.5) is 8.78 Å². The van der Waals surface area contributed by atoms with Crippen molar-refractivity contribution >= 4 is 11.9 Å². The summed E-state index contributed by atoms with van der Waals surface area (Å²) in [7, 11) is 0. The van der Waals surface area contributed by atoms with Crippen molar-refractivity contribution in [1.82, 2.24) is 0 Å². The van der Waals surface area contributed by atoms with E-state index in [1.807, 2.05) is 0 Å². The van der Waals surface area contributed by atoms with E-state index in [1.54, 1.807) is 0 Å². The lowest BCUT2D eigenvalue weighted by atomic mass is 10.6. The minimum atomic E-state index is -1.98. The van der Waals surface area contributed by atoms with E-state index < -0.39 is 24.6 Å². The quantitative estimate of drug-likeness (QED) is 0.494. The monoisotopic (exact) mass is 194 g/mol. The van der Waals surface area contributed by atoms with Gasteiger partial charge in [0.15, 0.2) is 0 Å². The van der Waals surface area contributed by atoms with E-state index in [4.69, 9.17) is 0 Å². The third-order valence-corrected chi connectivity index (χ3v) is 0.894. The molecule has 0 heterocycles. The van der Waals surface area contributed by atoms with E-state index in [0.29, 0.717) is 6.08 Å². The van der Waals surface area contributed by atoms with Crippen LogP contribution in [0.2, 0.25) is 0 Å². The Morgan fingerprint density at radius 2 is 1.77 bits per heavy atom. The Bertz CT molecular complexity index is 221. The second kappa shape index (κ2) is 6.10. The first kappa shape index (κ1) is 11.5. The van der Waals surface area contributed by atoms with Crippen LogP contribution in [0.1, 0.15) is 6.92 Å². The highest BCUT2D eigenvalue weighted by molar-refractivity contribution is 6.29. The maximum atomic E-state index is 11.4. The molecular weight excluding hydrogens is 186 g/mol. The normalized spacial score (nSPS) is 8.85. The van der Waals surface area contributed by atoms with Crippen LogP contribution in [0.5, 0.6) is 0 Å². The van der Waals surface area contributed by atoms with Crippen molar-refractivity contribution in [2.24, 2.45) is 0 Å². The van der Waals surface area contributed by atoms with Crippen molar-refractivity contribution in [3.8, 4) is 0 Å². The lowest BCUT2D eigenvalue weighted by molar-refractivity contribution is -0.166. The molecule has 0 N–H and O–H groups in total. The number of esters is 2. The van der Waals surface area contributed by atoms with E-state index >= 15 is 0 Å². The number of hydrogen-bond donors (Lipinski definition) is 0. The molecule has 0 saturated carbocycles. The van der Waals surface area contributed by atoms with Gasteiger partial charge in [-0.3, -0.25) is 0 Å². The summed E-state index contributed by atoms with van der Waals surface area (Å²) in [6, 6.07) is 0. The number of carbonyl (C=O) groups excluding carboxylic acids is 2. The first-order chi connectivity index (χ1) is 6.07. The molecule has 0 rings (SSSR count). The van der Waals surface area contributed by atoms with Gasteiger partial charge in [-0.25, -0.2) is 9.59 Å². The fraction of sp³-hybridized carbons (Fsp3) is 0.429. The van der Waals surface area contributed by atoms with Gasteiger partial charge in [-0.1, -0.05) is 0 Å². The Morgan fingerprint density at radius 3 is 2.23 bits per heavy atom. The highest BCUT2D eigenvalue weighted by Gasteiger charge is 2.15. The molecule has 74 valence electrons. The fourth-order valence-electron chi connectivity index (χ4n) is 0.429. The SMILES string of the molecule is CCOC(=O)C(=O)OCC=C(F)F. The fourth-order valence-corrected chi connectivity index (χ4v) is 0.429. The smallest absolute Gasteiger partial charge is 0.417 e. The first-order valence-electron chi connectivity index (χ1n) is 3.43. The van der Waals surface area contributed by atoms with Crippen LogP contribution in [-0.2, 0) is 19.1 Å². The summed E-state index contributed by atoms with van der Waals surface area (Å²) in [5, 5.41) is 0. The van der Waals surface area contributed by atoms with E-state index in [0.717, 1.165) is 0 Å². The van der Waals surface area contributed by atoms with Gasteiger partial charge in [0.05, 0.1) is 6.61 Å². The summed E-state index contributed by atoms with van der Waals surface area (Å²) in [6.45, 7) is 0.896. The van der Waals surface area contributed by atoms with Crippen LogP contribution in [0, 0.1) is 0 Å². The molecule has 0 amide bonds. The van der Waals surface area contributed by atoms with Crippen LogP contribution in [-0.4, -0.2) is 25.2 Å². The average molecular weight is 194 g/mol. The summed E-state index contributed by atoms with van der Waals surface area (Å²) >= 11 is 0. The highest BCUT2D eigenvalue weighted by Crippen LogP contribution is 1.95. The molecule has 0 bridgehead atoms. The lowest BCUT2D eigenvalue weighted by Gasteiger charge is -2.00. The maximum Gasteiger partial charge on any atom is 0.417 e. The molecule has 0 aromatic heterocycles. The lowest BCUT2D eigenvalue weighted by Crippen LogP contribution is -2.20. The number of halogens is 2. The van der Waals surface area contributed by atoms with Gasteiger partial charge in [-0.2, -0.15) is 8.78 Å². The molecular formula is C7H8F2O4. The summed E-state index contributed by atoms with van der Waals surface area (Å²) in [5.74, 6) is -2.46. The van der Waals surface area contributed by atoms with Crippen molar-refractivity contribution in [1.29, 1.82) is 0 Å². The van der Waals surface area contributed by atoms with E-state index in [2.05, 4.69) is 9.47 Å². The van der Waals surface area contributed by atoms with Crippen LogP contribution >= 0.6 is 0 Å². The van der Waals surface area contributed by atoms with Gasteiger partial charge in [-0.05, 0) is 6.92 Å². The summed E-state index contributed by atoms with van der Waals surface area (Å²) < 4.78 is 31.1. The molecule has 0 aliphatic heterocycles. The van der Waals surface area contributed by atoms with Crippen LogP contribution < -0.4 is 0 Å². The zero-order chi connectivity index (χ0) is 10.3. The molecule has 0 aromatic carbocycles. The molecule has 0 aliphatic rings. The molecule has 0 unspecified atom stereocenters. The summed E-state index contributed by atoms with van der Waals surface area (Å²) in [6.07, 6.45) is -1.60. The molecule has 0 spiro atoms. The highest BCUT2D eigenvalue weighted by atomic mass is 19.3. The second-order valence-corrected chi connectivity index (χ2v) is 1.81. The predicted octanol–water partition coefficient (Wildman–Crippen LogP) is 0.873. The topological polar surface area (TPSA) is 52.6 Å². The second-order valence-electron chi connectivity index (χ2n) is 1.81. The number of carbonyl (C=O) groups is 2. The van der Waals surface area contributed by atoms with Crippen molar-refractivity contribution in [2.45, 2.75) is 6.92 Å². The molecule has 0 aliphatic carbocycles. The van der Waals surface area contributed by atoms with Crippen molar-refractivity contribution < 1.29 is 27.8 Å². The molecule has 0 saturated heterocycles. The summed E-state index contributed by atoms with van der Waals surface area (Å²) in [4.78, 5) is 21.1. The van der Waals surface area contributed by atoms with E-state index in [9.17, 15) is 18.4 Å². The van der Waals surface area contributed by atoms with Gasteiger partial charge in [0.2, 0.25) is 0 Å². The maximum absolute atomic E-state index is 11.4. The Morgan fingerprint density at radius 1 is 1.23 bits per heavy atom. The first-order valence-corrected chi connectivity index (χ1v) is 3.43. The standard InChI is InChI=1S/C7H8F2O4/c1-2-12-6(10)7(11)13-4-3-5(8)9/h3H,2,4H2,1H3. The zero-order valence-corrected chi connectivity index (χ0v) is 6.88. The molecule has 13 heavy (non-hydrogen) atoms. The van der Waals surface area contributed by atoms with Gasteiger partial charge in [0, 0.05) is 6.08 Å². The van der Waals surface area contributed by atoms with Crippen LogP contribution in [0.25, 0.3) is 0 Å². The Hall–Kier alpha value is -1.46. The van der Waals surface area contributed by atoms with Gasteiger partial charge < -0.3 is 9.47 Å². The summed E-state index contributed by atoms with van der Waals surface area (Å²) in [5.41, 5.74) is 0. The minimum absolute atomic E-state index is 0.0290. The number of rotatable bonds is 3. The van der Waals surface area contributed by atoms with Crippen molar-refractivity contribution in [2.75, 3.05) is 13.2 Å². The minimum Gasteiger partial charge on any atom is -0.458 e. The average Bonchev–Trinajstić information content (AvgIpc) is 2.04. The van der Waals surface area contributed by atoms with Gasteiger partial charge in [-0.15, -0.1) is 0 Å². The van der Waals surface area contributed by atoms with E-state index in [-0.39, 0.29) is 6.61 Å². The Labute approximate surface area is 73.1 Å². The van der Waals surface area contributed by atoms with E-state index in [1.165, 1.54) is 6.92 Å². The molecule has 0 atom stereocenters. The van der Waals surface area contributed by atoms with Gasteiger partial charge >= 0.3 is 11.9 Å². The number of hydrogen-bond acceptors (Lipinski definition) is 4. The van der Waals surface area contributed by atoms with Crippen LogP contribution in [0.15, 0.2) is 12.2 Å². The molecule has 0 aromatic rings. The number of ether oxygens (including phenoxy) is 2. The van der Waals surface area contributed by atoms with Crippen molar-refractivity contribution in [3.05, 3.63) is 12.2 Å². The Balaban J connectivity index is 3.75. The molecule has 4 nitrogen and oxygen atoms in total. The van der Waals surface area contributed by atoms with Crippen molar-refractivity contribution in [3.63, 3.8) is 0 Å². The van der Waals surface area contributed by atoms with Gasteiger partial charge in [0.25, 0.3) is 6.08 Å².